The number of fused-ring (bicyclic) bond motifs is 2. The lowest BCUT2D eigenvalue weighted by molar-refractivity contribution is -0.144. The lowest BCUT2D eigenvalue weighted by Gasteiger charge is -2.41. The molecule has 4 heteroatoms. The zero-order chi connectivity index (χ0) is 12.8. The largest absolute Gasteiger partial charge is 0.377 e. The summed E-state index contributed by atoms with van der Waals surface area (Å²) in [7, 11) is 1.76. The first-order chi connectivity index (χ1) is 8.61. The number of carbonyl (C=O) groups is 1. The zero-order valence-electron chi connectivity index (χ0n) is 11.4. The second kappa shape index (κ2) is 4.49. The van der Waals surface area contributed by atoms with E-state index >= 15 is 0 Å². The molecule has 3 heterocycles. The summed E-state index contributed by atoms with van der Waals surface area (Å²) in [6, 6.07) is 1.04. The Bertz CT molecular complexity index is 347. The summed E-state index contributed by atoms with van der Waals surface area (Å²) >= 11 is 0. The maximum atomic E-state index is 12.6. The van der Waals surface area contributed by atoms with Crippen molar-refractivity contribution in [3.05, 3.63) is 0 Å². The lowest BCUT2D eigenvalue weighted by atomic mass is 9.86. The van der Waals surface area contributed by atoms with Crippen LogP contribution in [0, 0.1) is 5.92 Å². The SMILES string of the molecule is COC1(C)CCCN(C(=O)C2CC3CCC2N3)C1. The van der Waals surface area contributed by atoms with Crippen LogP contribution in [-0.4, -0.2) is 48.7 Å². The van der Waals surface area contributed by atoms with Crippen molar-refractivity contribution in [2.24, 2.45) is 5.92 Å². The van der Waals surface area contributed by atoms with Crippen molar-refractivity contribution in [2.45, 2.75) is 56.7 Å². The molecule has 3 aliphatic rings. The van der Waals surface area contributed by atoms with Gasteiger partial charge in [-0.2, -0.15) is 0 Å². The predicted molar refractivity (Wildman–Crippen MR) is 69.3 cm³/mol. The van der Waals surface area contributed by atoms with Gasteiger partial charge in [0.05, 0.1) is 11.5 Å². The minimum absolute atomic E-state index is 0.140. The molecule has 0 aromatic rings. The first-order valence-corrected chi connectivity index (χ1v) is 7.21. The summed E-state index contributed by atoms with van der Waals surface area (Å²) in [4.78, 5) is 14.7. The van der Waals surface area contributed by atoms with E-state index in [4.69, 9.17) is 4.74 Å². The molecule has 0 aromatic carbocycles. The van der Waals surface area contributed by atoms with E-state index in [0.29, 0.717) is 18.0 Å². The second-order valence-corrected chi connectivity index (χ2v) is 6.41. The molecule has 0 spiro atoms. The van der Waals surface area contributed by atoms with Gasteiger partial charge in [-0.25, -0.2) is 0 Å². The molecule has 1 amide bonds. The van der Waals surface area contributed by atoms with Gasteiger partial charge >= 0.3 is 0 Å². The standard InChI is InChI=1S/C14H24N2O2/c1-14(18-2)6-3-7-16(9-14)13(17)11-8-10-4-5-12(11)15-10/h10-12,15H,3-9H2,1-2H3. The Labute approximate surface area is 109 Å². The summed E-state index contributed by atoms with van der Waals surface area (Å²) in [5.41, 5.74) is -0.140. The topological polar surface area (TPSA) is 41.6 Å². The van der Waals surface area contributed by atoms with Gasteiger partial charge in [0.25, 0.3) is 0 Å². The average molecular weight is 252 g/mol. The van der Waals surface area contributed by atoms with Crippen molar-refractivity contribution in [2.75, 3.05) is 20.2 Å². The van der Waals surface area contributed by atoms with E-state index in [2.05, 4.69) is 12.2 Å². The van der Waals surface area contributed by atoms with Crippen LogP contribution in [-0.2, 0) is 9.53 Å². The van der Waals surface area contributed by atoms with E-state index in [9.17, 15) is 4.79 Å². The van der Waals surface area contributed by atoms with Gasteiger partial charge in [0.15, 0.2) is 0 Å². The number of amides is 1. The van der Waals surface area contributed by atoms with Crippen LogP contribution in [0.4, 0.5) is 0 Å². The molecule has 3 aliphatic heterocycles. The number of piperidine rings is 1. The number of rotatable bonds is 2. The van der Waals surface area contributed by atoms with Crippen LogP contribution < -0.4 is 5.32 Å². The molecule has 4 nitrogen and oxygen atoms in total. The van der Waals surface area contributed by atoms with Crippen molar-refractivity contribution in [1.82, 2.24) is 10.2 Å². The molecule has 18 heavy (non-hydrogen) atoms. The van der Waals surface area contributed by atoms with Gasteiger partial charge in [-0.1, -0.05) is 0 Å². The van der Waals surface area contributed by atoms with Crippen molar-refractivity contribution < 1.29 is 9.53 Å². The Hall–Kier alpha value is -0.610. The molecule has 102 valence electrons. The molecule has 0 aromatic heterocycles. The first kappa shape index (κ1) is 12.4. The third-order valence-corrected chi connectivity index (χ3v) is 5.08. The number of nitrogens with zero attached hydrogens (tertiary/aromatic N) is 1. The Balaban J connectivity index is 1.66. The highest BCUT2D eigenvalue weighted by atomic mass is 16.5. The van der Waals surface area contributed by atoms with Crippen molar-refractivity contribution in [3.63, 3.8) is 0 Å². The third-order valence-electron chi connectivity index (χ3n) is 5.08. The van der Waals surface area contributed by atoms with E-state index < -0.39 is 0 Å². The molecule has 1 N–H and O–H groups in total. The van der Waals surface area contributed by atoms with E-state index in [0.717, 1.165) is 32.4 Å². The van der Waals surface area contributed by atoms with Crippen molar-refractivity contribution in [1.29, 1.82) is 0 Å². The fraction of sp³-hybridized carbons (Fsp3) is 0.929. The predicted octanol–water partition coefficient (Wildman–Crippen LogP) is 1.15. The monoisotopic (exact) mass is 252 g/mol. The molecular formula is C14H24N2O2. The van der Waals surface area contributed by atoms with Gasteiger partial charge in [0.1, 0.15) is 0 Å². The summed E-state index contributed by atoms with van der Waals surface area (Å²) in [5.74, 6) is 0.584. The molecule has 2 bridgehead atoms. The van der Waals surface area contributed by atoms with Gasteiger partial charge < -0.3 is 15.0 Å². The average Bonchev–Trinajstić information content (AvgIpc) is 3.00. The van der Waals surface area contributed by atoms with Crippen molar-refractivity contribution >= 4 is 5.91 Å². The van der Waals surface area contributed by atoms with Crippen LogP contribution in [0.25, 0.3) is 0 Å². The fourth-order valence-electron chi connectivity index (χ4n) is 3.89. The maximum Gasteiger partial charge on any atom is 0.227 e. The Morgan fingerprint density at radius 3 is 2.89 bits per heavy atom. The summed E-state index contributed by atoms with van der Waals surface area (Å²) in [6.45, 7) is 3.79. The lowest BCUT2D eigenvalue weighted by Crippen LogP contribution is -2.52. The third kappa shape index (κ3) is 2.05. The molecule has 4 unspecified atom stereocenters. The quantitative estimate of drug-likeness (QED) is 0.801. The summed E-state index contributed by atoms with van der Waals surface area (Å²) in [5, 5.41) is 3.55. The fourth-order valence-corrected chi connectivity index (χ4v) is 3.89. The smallest absolute Gasteiger partial charge is 0.227 e. The number of methoxy groups -OCH3 is 1. The Morgan fingerprint density at radius 1 is 1.44 bits per heavy atom. The first-order valence-electron chi connectivity index (χ1n) is 7.21. The Morgan fingerprint density at radius 2 is 2.28 bits per heavy atom. The minimum Gasteiger partial charge on any atom is -0.377 e. The highest BCUT2D eigenvalue weighted by Gasteiger charge is 2.45. The number of ether oxygens (including phenoxy) is 1. The van der Waals surface area contributed by atoms with E-state index in [1.807, 2.05) is 4.90 Å². The molecule has 3 rings (SSSR count). The van der Waals surface area contributed by atoms with Crippen LogP contribution in [0.15, 0.2) is 0 Å². The van der Waals surface area contributed by atoms with Gasteiger partial charge in [0, 0.05) is 32.3 Å². The molecule has 3 saturated heterocycles. The number of nitrogens with one attached hydrogen (secondary N) is 1. The molecular weight excluding hydrogens is 228 g/mol. The van der Waals surface area contributed by atoms with Gasteiger partial charge in [-0.3, -0.25) is 4.79 Å². The zero-order valence-corrected chi connectivity index (χ0v) is 11.4. The van der Waals surface area contributed by atoms with Crippen LogP contribution in [0.5, 0.6) is 0 Å². The van der Waals surface area contributed by atoms with Gasteiger partial charge in [0.2, 0.25) is 5.91 Å². The number of carbonyl (C=O) groups excluding carboxylic acids is 1. The highest BCUT2D eigenvalue weighted by molar-refractivity contribution is 5.80. The molecule has 0 saturated carbocycles. The maximum absolute atomic E-state index is 12.6. The Kier molecular flexibility index (Phi) is 3.10. The van der Waals surface area contributed by atoms with E-state index in [1.165, 1.54) is 12.8 Å². The molecule has 0 radical (unpaired) electrons. The molecule has 0 aliphatic carbocycles. The summed E-state index contributed by atoms with van der Waals surface area (Å²) < 4.78 is 5.57. The highest BCUT2D eigenvalue weighted by Crippen LogP contribution is 2.35. The van der Waals surface area contributed by atoms with Gasteiger partial charge in [-0.05, 0) is 39.0 Å². The molecule has 4 atom stereocenters. The van der Waals surface area contributed by atoms with E-state index in [1.54, 1.807) is 7.11 Å². The minimum atomic E-state index is -0.140. The van der Waals surface area contributed by atoms with Crippen LogP contribution in [0.3, 0.4) is 0 Å². The van der Waals surface area contributed by atoms with Crippen LogP contribution >= 0.6 is 0 Å². The number of hydrogen-bond donors (Lipinski definition) is 1. The van der Waals surface area contributed by atoms with Crippen molar-refractivity contribution in [3.8, 4) is 0 Å². The second-order valence-electron chi connectivity index (χ2n) is 6.41. The number of likely N-dealkylation sites (tertiary alicyclic amines) is 1. The molecule has 3 fully saturated rings. The van der Waals surface area contributed by atoms with Gasteiger partial charge in [-0.15, -0.1) is 0 Å². The van der Waals surface area contributed by atoms with E-state index in [-0.39, 0.29) is 11.5 Å². The normalized spacial score (nSPS) is 43.4. The summed E-state index contributed by atoms with van der Waals surface area (Å²) in [6.07, 6.45) is 5.59. The van der Waals surface area contributed by atoms with Crippen LogP contribution in [0.1, 0.15) is 39.0 Å². The van der Waals surface area contributed by atoms with Crippen LogP contribution in [0.2, 0.25) is 0 Å². The number of hydrogen-bond acceptors (Lipinski definition) is 3.